The van der Waals surface area contributed by atoms with Gasteiger partial charge in [-0.3, -0.25) is 0 Å². The van der Waals surface area contributed by atoms with Gasteiger partial charge in [0, 0.05) is 19.3 Å². The van der Waals surface area contributed by atoms with Gasteiger partial charge in [-0.15, -0.1) is 0 Å². The molecule has 21 heavy (non-hydrogen) atoms. The van der Waals surface area contributed by atoms with Crippen molar-refractivity contribution in [1.82, 2.24) is 0 Å². The largest absolute Gasteiger partial charge is 0.399 e. The molecule has 2 rings (SSSR count). The first-order valence-electron chi connectivity index (χ1n) is 6.47. The highest BCUT2D eigenvalue weighted by molar-refractivity contribution is 7.89. The van der Waals surface area contributed by atoms with Crippen LogP contribution in [0.3, 0.4) is 0 Å². The standard InChI is InChI=1S/C15H19N3O2S/c1-11-5-3-4-6-12(11)10-18(2)14-8-7-13(16)9-15(14)21(17,19)20/h3-9H,10,16H2,1-2H3,(H2,17,19,20). The smallest absolute Gasteiger partial charge is 0.240 e. The summed E-state index contributed by atoms with van der Waals surface area (Å²) < 4.78 is 23.5. The zero-order valence-electron chi connectivity index (χ0n) is 12.1. The first-order valence-corrected chi connectivity index (χ1v) is 8.01. The molecule has 0 saturated heterocycles. The molecule has 5 nitrogen and oxygen atoms in total. The van der Waals surface area contributed by atoms with Crippen molar-refractivity contribution in [3.8, 4) is 0 Å². The summed E-state index contributed by atoms with van der Waals surface area (Å²) in [5, 5.41) is 5.28. The Balaban J connectivity index is 2.40. The summed E-state index contributed by atoms with van der Waals surface area (Å²) in [4.78, 5) is 1.89. The van der Waals surface area contributed by atoms with Crippen molar-refractivity contribution < 1.29 is 8.42 Å². The number of benzene rings is 2. The minimum Gasteiger partial charge on any atom is -0.399 e. The predicted octanol–water partition coefficient (Wildman–Crippen LogP) is 1.86. The molecule has 0 spiro atoms. The van der Waals surface area contributed by atoms with E-state index in [1.807, 2.05) is 43.1 Å². The lowest BCUT2D eigenvalue weighted by Gasteiger charge is -2.23. The van der Waals surface area contributed by atoms with Gasteiger partial charge in [0.15, 0.2) is 0 Å². The maximum absolute atomic E-state index is 11.7. The number of nitrogens with two attached hydrogens (primary N) is 2. The van der Waals surface area contributed by atoms with Crippen molar-refractivity contribution >= 4 is 21.4 Å². The van der Waals surface area contributed by atoms with Crippen LogP contribution < -0.4 is 15.8 Å². The Bertz CT molecular complexity index is 757. The summed E-state index contributed by atoms with van der Waals surface area (Å²) in [5.74, 6) is 0. The van der Waals surface area contributed by atoms with Gasteiger partial charge in [0.05, 0.1) is 5.69 Å². The molecule has 0 fully saturated rings. The highest BCUT2D eigenvalue weighted by Gasteiger charge is 2.17. The molecule has 112 valence electrons. The lowest BCUT2D eigenvalue weighted by molar-refractivity contribution is 0.597. The average molecular weight is 305 g/mol. The lowest BCUT2D eigenvalue weighted by atomic mass is 10.1. The quantitative estimate of drug-likeness (QED) is 0.844. The fourth-order valence-corrected chi connectivity index (χ4v) is 3.02. The third kappa shape index (κ3) is 3.53. The molecule has 0 saturated carbocycles. The fourth-order valence-electron chi connectivity index (χ4n) is 2.20. The number of anilines is 2. The van der Waals surface area contributed by atoms with Crippen molar-refractivity contribution in [3.63, 3.8) is 0 Å². The molecule has 4 N–H and O–H groups in total. The van der Waals surface area contributed by atoms with Crippen molar-refractivity contribution in [2.24, 2.45) is 5.14 Å². The van der Waals surface area contributed by atoms with Crippen molar-refractivity contribution in [2.75, 3.05) is 17.7 Å². The van der Waals surface area contributed by atoms with E-state index in [1.165, 1.54) is 6.07 Å². The summed E-state index contributed by atoms with van der Waals surface area (Å²) in [6.45, 7) is 2.60. The molecular formula is C15H19N3O2S. The fraction of sp³-hybridized carbons (Fsp3) is 0.200. The van der Waals surface area contributed by atoms with Crippen molar-refractivity contribution in [1.29, 1.82) is 0 Å². The lowest BCUT2D eigenvalue weighted by Crippen LogP contribution is -2.22. The Morgan fingerprint density at radius 1 is 1.14 bits per heavy atom. The second kappa shape index (κ2) is 5.75. The van der Waals surface area contributed by atoms with Crippen LogP contribution in [0.2, 0.25) is 0 Å². The molecular weight excluding hydrogens is 286 g/mol. The number of nitrogen functional groups attached to an aromatic ring is 1. The first kappa shape index (κ1) is 15.3. The van der Waals surface area contributed by atoms with Gasteiger partial charge in [0.25, 0.3) is 0 Å². The minimum absolute atomic E-state index is 0.0404. The monoisotopic (exact) mass is 305 g/mol. The third-order valence-corrected chi connectivity index (χ3v) is 4.31. The van der Waals surface area contributed by atoms with Gasteiger partial charge < -0.3 is 10.6 Å². The van der Waals surface area contributed by atoms with Gasteiger partial charge in [-0.25, -0.2) is 13.6 Å². The number of rotatable bonds is 4. The average Bonchev–Trinajstić information content (AvgIpc) is 2.40. The third-order valence-electron chi connectivity index (χ3n) is 3.37. The first-order chi connectivity index (χ1) is 9.79. The summed E-state index contributed by atoms with van der Waals surface area (Å²) in [5.41, 5.74) is 8.84. The van der Waals surface area contributed by atoms with E-state index >= 15 is 0 Å². The van der Waals surface area contributed by atoms with E-state index < -0.39 is 10.0 Å². The summed E-state index contributed by atoms with van der Waals surface area (Å²) in [6, 6.07) is 12.7. The second-order valence-electron chi connectivity index (χ2n) is 5.05. The number of nitrogens with zero attached hydrogens (tertiary/aromatic N) is 1. The van der Waals surface area contributed by atoms with Crippen LogP contribution in [0.5, 0.6) is 0 Å². The highest BCUT2D eigenvalue weighted by Crippen LogP contribution is 2.27. The number of primary sulfonamides is 1. The molecule has 0 aliphatic heterocycles. The molecule has 0 aliphatic rings. The Morgan fingerprint density at radius 2 is 1.81 bits per heavy atom. The summed E-state index contributed by atoms with van der Waals surface area (Å²) >= 11 is 0. The Hall–Kier alpha value is -2.05. The number of aryl methyl sites for hydroxylation is 1. The number of sulfonamides is 1. The van der Waals surface area contributed by atoms with Gasteiger partial charge in [0.2, 0.25) is 10.0 Å². The number of hydrogen-bond acceptors (Lipinski definition) is 4. The van der Waals surface area contributed by atoms with E-state index in [2.05, 4.69) is 0 Å². The predicted molar refractivity (Wildman–Crippen MR) is 85.5 cm³/mol. The van der Waals surface area contributed by atoms with Crippen LogP contribution in [0.15, 0.2) is 47.4 Å². The van der Waals surface area contributed by atoms with E-state index in [9.17, 15) is 8.42 Å². The molecule has 0 unspecified atom stereocenters. The van der Waals surface area contributed by atoms with Crippen LogP contribution in [0.1, 0.15) is 11.1 Å². The van der Waals surface area contributed by atoms with Gasteiger partial charge in [0.1, 0.15) is 4.90 Å². The molecule has 0 bridgehead atoms. The molecule has 0 heterocycles. The van der Waals surface area contributed by atoms with Crippen LogP contribution >= 0.6 is 0 Å². The van der Waals surface area contributed by atoms with Crippen LogP contribution in [0.25, 0.3) is 0 Å². The minimum atomic E-state index is -3.83. The van der Waals surface area contributed by atoms with E-state index in [0.717, 1.165) is 11.1 Å². The molecule has 2 aromatic carbocycles. The molecule has 0 radical (unpaired) electrons. The van der Waals surface area contributed by atoms with Gasteiger partial charge in [-0.1, -0.05) is 24.3 Å². The van der Waals surface area contributed by atoms with Gasteiger partial charge in [-0.05, 0) is 36.2 Å². The Morgan fingerprint density at radius 3 is 2.43 bits per heavy atom. The second-order valence-corrected chi connectivity index (χ2v) is 6.58. The molecule has 0 aliphatic carbocycles. The maximum atomic E-state index is 11.7. The van der Waals surface area contributed by atoms with Gasteiger partial charge in [-0.2, -0.15) is 0 Å². The molecule has 2 aromatic rings. The van der Waals surface area contributed by atoms with Crippen LogP contribution in [-0.2, 0) is 16.6 Å². The summed E-state index contributed by atoms with van der Waals surface area (Å²) in [6.07, 6.45) is 0. The van der Waals surface area contributed by atoms with Crippen LogP contribution in [-0.4, -0.2) is 15.5 Å². The van der Waals surface area contributed by atoms with E-state index in [1.54, 1.807) is 12.1 Å². The van der Waals surface area contributed by atoms with Gasteiger partial charge >= 0.3 is 0 Å². The zero-order chi connectivity index (χ0) is 15.6. The van der Waals surface area contributed by atoms with Crippen molar-refractivity contribution in [3.05, 3.63) is 53.6 Å². The van der Waals surface area contributed by atoms with Crippen LogP contribution in [0.4, 0.5) is 11.4 Å². The number of hydrogen-bond donors (Lipinski definition) is 2. The van der Waals surface area contributed by atoms with Crippen molar-refractivity contribution in [2.45, 2.75) is 18.4 Å². The van der Waals surface area contributed by atoms with Crippen LogP contribution in [0, 0.1) is 6.92 Å². The molecule has 0 aromatic heterocycles. The maximum Gasteiger partial charge on any atom is 0.240 e. The van der Waals surface area contributed by atoms with E-state index in [4.69, 9.17) is 10.9 Å². The molecule has 0 amide bonds. The summed E-state index contributed by atoms with van der Waals surface area (Å²) in [7, 11) is -2.00. The SMILES string of the molecule is Cc1ccccc1CN(C)c1ccc(N)cc1S(N)(=O)=O. The Labute approximate surface area is 125 Å². The highest BCUT2D eigenvalue weighted by atomic mass is 32.2. The molecule has 6 heteroatoms. The zero-order valence-corrected chi connectivity index (χ0v) is 12.9. The molecule has 0 atom stereocenters. The normalized spacial score (nSPS) is 11.4. The van der Waals surface area contributed by atoms with E-state index in [-0.39, 0.29) is 4.90 Å². The Kier molecular flexibility index (Phi) is 4.20. The topological polar surface area (TPSA) is 89.4 Å². The van der Waals surface area contributed by atoms with E-state index in [0.29, 0.717) is 17.9 Å².